The van der Waals surface area contributed by atoms with Crippen LogP contribution < -0.4 is 9.47 Å². The number of methoxy groups -OCH3 is 2. The van der Waals surface area contributed by atoms with Gasteiger partial charge in [0.15, 0.2) is 0 Å². The van der Waals surface area contributed by atoms with E-state index < -0.39 is 17.7 Å². The Bertz CT molecular complexity index is 1350. The summed E-state index contributed by atoms with van der Waals surface area (Å²) in [6.07, 6.45) is -0.255. The van der Waals surface area contributed by atoms with E-state index in [4.69, 9.17) is 9.47 Å². The van der Waals surface area contributed by atoms with Gasteiger partial charge in [-0.05, 0) is 41.1 Å². The molecule has 3 aromatic rings. The van der Waals surface area contributed by atoms with Gasteiger partial charge in [0.2, 0.25) is 5.91 Å². The highest BCUT2D eigenvalue weighted by Gasteiger charge is 2.64. The van der Waals surface area contributed by atoms with E-state index in [-0.39, 0.29) is 18.4 Å². The van der Waals surface area contributed by atoms with Crippen LogP contribution in [0.5, 0.6) is 11.5 Å². The second-order valence-electron chi connectivity index (χ2n) is 10.3. The van der Waals surface area contributed by atoms with Crippen molar-refractivity contribution in [1.29, 1.82) is 0 Å². The molecule has 3 fully saturated rings. The van der Waals surface area contributed by atoms with Gasteiger partial charge in [-0.1, -0.05) is 42.5 Å². The average Bonchev–Trinajstić information content (AvgIpc) is 3.30. The van der Waals surface area contributed by atoms with E-state index in [2.05, 4.69) is 23.1 Å². The molecule has 0 unspecified atom stereocenters. The van der Waals surface area contributed by atoms with Gasteiger partial charge in [0.1, 0.15) is 17.0 Å². The monoisotopic (exact) mass is 501 g/mol. The summed E-state index contributed by atoms with van der Waals surface area (Å²) in [5.41, 5.74) is 1.23. The van der Waals surface area contributed by atoms with Gasteiger partial charge < -0.3 is 14.6 Å². The van der Waals surface area contributed by atoms with E-state index in [1.54, 1.807) is 14.2 Å². The summed E-state index contributed by atoms with van der Waals surface area (Å²) in [5, 5.41) is 12.6. The maximum absolute atomic E-state index is 13.9. The molecule has 6 rings (SSSR count). The highest BCUT2D eigenvalue weighted by atomic mass is 16.5. The van der Waals surface area contributed by atoms with Gasteiger partial charge in [0.05, 0.1) is 32.9 Å². The maximum Gasteiger partial charge on any atom is 0.252 e. The summed E-state index contributed by atoms with van der Waals surface area (Å²) >= 11 is 0. The summed E-state index contributed by atoms with van der Waals surface area (Å²) in [6, 6.07) is 19.2. The summed E-state index contributed by atoms with van der Waals surface area (Å²) < 4.78 is 10.8. The third-order valence-electron chi connectivity index (χ3n) is 8.08. The van der Waals surface area contributed by atoms with Crippen LogP contribution in [-0.2, 0) is 22.7 Å². The van der Waals surface area contributed by atoms with E-state index in [9.17, 15) is 14.7 Å². The number of aliphatic hydroxyl groups excluding tert-OH is 1. The van der Waals surface area contributed by atoms with Gasteiger partial charge in [-0.3, -0.25) is 24.3 Å². The highest BCUT2D eigenvalue weighted by molar-refractivity contribution is 6.06. The fourth-order valence-electron chi connectivity index (χ4n) is 6.25. The number of nitrogens with zero attached hydrogens (tertiary/aromatic N) is 3. The Morgan fingerprint density at radius 3 is 2.35 bits per heavy atom. The zero-order valence-corrected chi connectivity index (χ0v) is 21.1. The van der Waals surface area contributed by atoms with Crippen molar-refractivity contribution in [1.82, 2.24) is 14.7 Å². The molecule has 3 aromatic carbocycles. The molecule has 8 heteroatoms. The van der Waals surface area contributed by atoms with Crippen LogP contribution in [0.2, 0.25) is 0 Å². The second kappa shape index (κ2) is 9.13. The van der Waals surface area contributed by atoms with E-state index in [1.807, 2.05) is 47.4 Å². The number of hydrogen-bond donors (Lipinski definition) is 1. The van der Waals surface area contributed by atoms with E-state index in [0.29, 0.717) is 32.6 Å². The van der Waals surface area contributed by atoms with Crippen LogP contribution in [0, 0.1) is 0 Å². The lowest BCUT2D eigenvalue weighted by Crippen LogP contribution is -2.81. The third-order valence-corrected chi connectivity index (χ3v) is 8.08. The molecule has 37 heavy (non-hydrogen) atoms. The lowest BCUT2D eigenvalue weighted by atomic mass is 9.82. The third kappa shape index (κ3) is 3.87. The summed E-state index contributed by atoms with van der Waals surface area (Å²) in [4.78, 5) is 32.9. The van der Waals surface area contributed by atoms with Crippen LogP contribution in [0.3, 0.4) is 0 Å². The normalized spacial score (nSPS) is 23.4. The first-order valence-electron chi connectivity index (χ1n) is 12.6. The smallest absolute Gasteiger partial charge is 0.252 e. The van der Waals surface area contributed by atoms with E-state index in [0.717, 1.165) is 27.8 Å². The number of likely N-dealkylation sites (tertiary alicyclic amines) is 1. The van der Waals surface area contributed by atoms with Crippen LogP contribution in [0.1, 0.15) is 17.5 Å². The van der Waals surface area contributed by atoms with Gasteiger partial charge in [-0.15, -0.1) is 0 Å². The van der Waals surface area contributed by atoms with Gasteiger partial charge in [0.25, 0.3) is 5.91 Å². The van der Waals surface area contributed by atoms with Crippen molar-refractivity contribution >= 4 is 22.6 Å². The predicted molar refractivity (Wildman–Crippen MR) is 138 cm³/mol. The molecule has 0 aliphatic carbocycles. The Morgan fingerprint density at radius 1 is 0.919 bits per heavy atom. The summed E-state index contributed by atoms with van der Waals surface area (Å²) in [6.45, 7) is 2.28. The predicted octanol–water partition coefficient (Wildman–Crippen LogP) is 2.42. The fourth-order valence-corrected chi connectivity index (χ4v) is 6.25. The largest absolute Gasteiger partial charge is 0.497 e. The molecule has 0 saturated carbocycles. The number of benzene rings is 3. The number of ether oxygens (including phenoxy) is 2. The molecular weight excluding hydrogens is 470 g/mol. The van der Waals surface area contributed by atoms with Crippen LogP contribution in [-0.4, -0.2) is 83.2 Å². The molecule has 3 aliphatic rings. The van der Waals surface area contributed by atoms with Gasteiger partial charge in [-0.2, -0.15) is 0 Å². The van der Waals surface area contributed by atoms with Crippen molar-refractivity contribution in [3.63, 3.8) is 0 Å². The van der Waals surface area contributed by atoms with Crippen LogP contribution >= 0.6 is 0 Å². The molecule has 2 atom stereocenters. The molecule has 192 valence electrons. The number of β-amino-alcohol motifs (C(OH)–C–C–N with tert-alkyl or cyclic N) is 1. The van der Waals surface area contributed by atoms with Gasteiger partial charge in [0, 0.05) is 31.6 Å². The Morgan fingerprint density at radius 2 is 1.65 bits per heavy atom. The molecular formula is C29H31N3O5. The molecule has 1 spiro atoms. The Balaban J connectivity index is 1.26. The van der Waals surface area contributed by atoms with Crippen molar-refractivity contribution in [3.05, 3.63) is 71.8 Å². The molecule has 2 amide bonds. The highest BCUT2D eigenvalue weighted by Crippen LogP contribution is 2.42. The van der Waals surface area contributed by atoms with Crippen LogP contribution in [0.25, 0.3) is 10.8 Å². The number of piperazine rings is 1. The SMILES string of the molecule is COc1ccc(CN2C(=O)[C@@H]3C[C@@H](O)CN3C3(CN(Cc4ccc(OC)c5ccccc45)C3)C2=O)cc1. The number of amides is 2. The molecule has 0 bridgehead atoms. The zero-order chi connectivity index (χ0) is 25.7. The van der Waals surface area contributed by atoms with Crippen LogP contribution in [0.15, 0.2) is 60.7 Å². The van der Waals surface area contributed by atoms with Crippen molar-refractivity contribution in [2.75, 3.05) is 33.9 Å². The zero-order valence-electron chi connectivity index (χ0n) is 21.1. The van der Waals surface area contributed by atoms with Crippen LogP contribution in [0.4, 0.5) is 0 Å². The Kier molecular flexibility index (Phi) is 5.90. The van der Waals surface area contributed by atoms with Crippen molar-refractivity contribution in [3.8, 4) is 11.5 Å². The van der Waals surface area contributed by atoms with Gasteiger partial charge >= 0.3 is 0 Å². The molecule has 3 saturated heterocycles. The first-order chi connectivity index (χ1) is 17.9. The molecule has 3 aliphatic heterocycles. The second-order valence-corrected chi connectivity index (χ2v) is 10.3. The minimum Gasteiger partial charge on any atom is -0.497 e. The van der Waals surface area contributed by atoms with Crippen molar-refractivity contribution in [2.24, 2.45) is 0 Å². The topological polar surface area (TPSA) is 82.6 Å². The molecule has 8 nitrogen and oxygen atoms in total. The van der Waals surface area contributed by atoms with E-state index >= 15 is 0 Å². The Hall–Kier alpha value is -3.46. The lowest BCUT2D eigenvalue weighted by molar-refractivity contribution is -0.181. The molecule has 1 N–H and O–H groups in total. The summed E-state index contributed by atoms with van der Waals surface area (Å²) in [5.74, 6) is 1.17. The maximum atomic E-state index is 13.9. The fraction of sp³-hybridized carbons (Fsp3) is 0.379. The minimum absolute atomic E-state index is 0.172. The number of hydrogen-bond acceptors (Lipinski definition) is 7. The number of fused-ring (bicyclic) bond motifs is 3. The number of aliphatic hydroxyl groups is 1. The van der Waals surface area contributed by atoms with Crippen molar-refractivity contribution in [2.45, 2.75) is 37.2 Å². The van der Waals surface area contributed by atoms with E-state index in [1.165, 1.54) is 10.5 Å². The number of rotatable bonds is 6. The summed E-state index contributed by atoms with van der Waals surface area (Å²) in [7, 11) is 3.28. The average molecular weight is 502 g/mol. The standard InChI is InChI=1S/C29H31N3O5/c1-36-22-10-7-19(8-11-22)14-31-27(34)25-13-21(33)16-32(25)29(28(31)35)17-30(18-29)15-20-9-12-26(37-2)24-6-4-3-5-23(20)24/h3-12,21,25,33H,13-18H2,1-2H3/t21-,25+/m1/s1. The van der Waals surface area contributed by atoms with Crippen molar-refractivity contribution < 1.29 is 24.2 Å². The van der Waals surface area contributed by atoms with Gasteiger partial charge in [-0.25, -0.2) is 0 Å². The minimum atomic E-state index is -0.801. The molecule has 3 heterocycles. The quantitative estimate of drug-likeness (QED) is 0.520. The number of imide groups is 1. The Labute approximate surface area is 216 Å². The number of carbonyl (C=O) groups is 2. The molecule has 0 aromatic heterocycles. The first-order valence-corrected chi connectivity index (χ1v) is 12.6. The molecule has 0 radical (unpaired) electrons. The number of carbonyl (C=O) groups excluding carboxylic acids is 2. The lowest BCUT2D eigenvalue weighted by Gasteiger charge is -2.58. The first kappa shape index (κ1) is 23.9.